The van der Waals surface area contributed by atoms with E-state index in [-0.39, 0.29) is 10.7 Å². The van der Waals surface area contributed by atoms with Gasteiger partial charge in [-0.3, -0.25) is 9.78 Å². The Kier molecular flexibility index (Phi) is 3.16. The maximum atomic E-state index is 11.3. The van der Waals surface area contributed by atoms with E-state index in [2.05, 4.69) is 15.0 Å². The molecule has 0 radical (unpaired) electrons. The maximum absolute atomic E-state index is 11.3. The quantitative estimate of drug-likeness (QED) is 0.534. The predicted octanol–water partition coefficient (Wildman–Crippen LogP) is 3.47. The normalized spacial score (nSPS) is 10.7. The van der Waals surface area contributed by atoms with E-state index < -0.39 is 0 Å². The van der Waals surface area contributed by atoms with Crippen LogP contribution in [-0.2, 0) is 0 Å². The lowest BCUT2D eigenvalue weighted by Gasteiger charge is -2.09. The Morgan fingerprint density at radius 2 is 1.95 bits per heavy atom. The predicted molar refractivity (Wildman–Crippen MR) is 77.9 cm³/mol. The van der Waals surface area contributed by atoms with E-state index in [1.165, 1.54) is 0 Å². The highest BCUT2D eigenvalue weighted by Gasteiger charge is 2.15. The Balaban J connectivity index is 2.39. The molecule has 0 amide bonds. The third-order valence-corrected chi connectivity index (χ3v) is 3.34. The molecule has 0 bridgehead atoms. The molecule has 2 heterocycles. The molecule has 2 aromatic heterocycles. The Morgan fingerprint density at radius 1 is 1.15 bits per heavy atom. The fourth-order valence-corrected chi connectivity index (χ4v) is 2.42. The lowest BCUT2D eigenvalue weighted by molar-refractivity contribution is 0.112. The maximum Gasteiger partial charge on any atom is 0.155 e. The molecule has 0 N–H and O–H groups in total. The van der Waals surface area contributed by atoms with Gasteiger partial charge in [0.2, 0.25) is 0 Å². The summed E-state index contributed by atoms with van der Waals surface area (Å²) in [4.78, 5) is 23.9. The van der Waals surface area contributed by atoms with Crippen LogP contribution in [0.3, 0.4) is 0 Å². The van der Waals surface area contributed by atoms with Gasteiger partial charge in [-0.1, -0.05) is 35.9 Å². The van der Waals surface area contributed by atoms with Gasteiger partial charge in [0, 0.05) is 23.3 Å². The second kappa shape index (κ2) is 4.98. The molecule has 5 heteroatoms. The summed E-state index contributed by atoms with van der Waals surface area (Å²) in [7, 11) is 0. The van der Waals surface area contributed by atoms with Crippen LogP contribution in [0.15, 0.2) is 36.7 Å². The molecule has 3 rings (SSSR count). The Labute approximate surface area is 120 Å². The number of hydrogen-bond donors (Lipinski definition) is 0. The Morgan fingerprint density at radius 3 is 2.75 bits per heavy atom. The van der Waals surface area contributed by atoms with Crippen molar-refractivity contribution < 1.29 is 4.79 Å². The molecule has 0 spiro atoms. The van der Waals surface area contributed by atoms with E-state index >= 15 is 0 Å². The van der Waals surface area contributed by atoms with Crippen LogP contribution in [0.5, 0.6) is 0 Å². The molecule has 0 aliphatic rings. The second-order valence-corrected chi connectivity index (χ2v) is 4.71. The lowest BCUT2D eigenvalue weighted by Crippen LogP contribution is -2.00. The van der Waals surface area contributed by atoms with Crippen molar-refractivity contribution in [2.75, 3.05) is 0 Å². The highest BCUT2D eigenvalue weighted by molar-refractivity contribution is 6.32. The molecule has 4 nitrogen and oxygen atoms in total. The summed E-state index contributed by atoms with van der Waals surface area (Å²) in [5.41, 5.74) is 1.58. The number of aldehydes is 1. The van der Waals surface area contributed by atoms with Gasteiger partial charge >= 0.3 is 0 Å². The molecule has 98 valence electrons. The van der Waals surface area contributed by atoms with Crippen LogP contribution in [0.25, 0.3) is 22.0 Å². The van der Waals surface area contributed by atoms with Gasteiger partial charge in [-0.25, -0.2) is 9.97 Å². The fraction of sp³-hybridized carbons (Fsp3) is 0.0667. The monoisotopic (exact) mass is 283 g/mol. The van der Waals surface area contributed by atoms with Crippen LogP contribution < -0.4 is 0 Å². The third-order valence-electron chi connectivity index (χ3n) is 3.05. The highest BCUT2D eigenvalue weighted by atomic mass is 35.5. The van der Waals surface area contributed by atoms with E-state index in [0.717, 1.165) is 16.3 Å². The molecule has 20 heavy (non-hydrogen) atoms. The largest absolute Gasteiger partial charge is 0.298 e. The van der Waals surface area contributed by atoms with Crippen molar-refractivity contribution in [1.29, 1.82) is 0 Å². The smallest absolute Gasteiger partial charge is 0.155 e. The molecular formula is C15H10ClN3O. The molecule has 0 saturated heterocycles. The van der Waals surface area contributed by atoms with Crippen molar-refractivity contribution in [3.63, 3.8) is 0 Å². The average molecular weight is 284 g/mol. The van der Waals surface area contributed by atoms with Crippen LogP contribution in [0.2, 0.25) is 5.15 Å². The minimum atomic E-state index is 0.162. The first-order valence-electron chi connectivity index (χ1n) is 6.03. The van der Waals surface area contributed by atoms with Crippen LogP contribution >= 0.6 is 11.6 Å². The molecule has 0 aliphatic heterocycles. The Hall–Kier alpha value is -2.33. The van der Waals surface area contributed by atoms with Gasteiger partial charge in [-0.05, 0) is 12.3 Å². The molecule has 0 saturated carbocycles. The first-order valence-corrected chi connectivity index (χ1v) is 6.41. The van der Waals surface area contributed by atoms with E-state index in [9.17, 15) is 4.79 Å². The molecule has 0 unspecified atom stereocenters. The van der Waals surface area contributed by atoms with Crippen LogP contribution in [0.4, 0.5) is 0 Å². The van der Waals surface area contributed by atoms with Gasteiger partial charge in [0.25, 0.3) is 0 Å². The number of carbonyl (C=O) groups is 1. The Bertz CT molecular complexity index is 812. The minimum Gasteiger partial charge on any atom is -0.298 e. The van der Waals surface area contributed by atoms with E-state index in [1.807, 2.05) is 24.3 Å². The first kappa shape index (κ1) is 12.7. The van der Waals surface area contributed by atoms with E-state index in [4.69, 9.17) is 11.6 Å². The van der Waals surface area contributed by atoms with Crippen molar-refractivity contribution in [1.82, 2.24) is 15.0 Å². The lowest BCUT2D eigenvalue weighted by atomic mass is 10.0. The number of aromatic nitrogens is 3. The number of carbonyl (C=O) groups excluding carboxylic acids is 1. The standard InChI is InChI=1S/C15H10ClN3O/c1-9-18-14(13(8-20)15(16)19-9)12-7-17-6-10-4-2-3-5-11(10)12/h2-8H,1H3. The number of fused-ring (bicyclic) bond motifs is 1. The van der Waals surface area contributed by atoms with E-state index in [1.54, 1.807) is 19.3 Å². The zero-order chi connectivity index (χ0) is 14.1. The van der Waals surface area contributed by atoms with E-state index in [0.29, 0.717) is 17.8 Å². The number of pyridine rings is 1. The summed E-state index contributed by atoms with van der Waals surface area (Å²) in [6.45, 7) is 1.74. The zero-order valence-electron chi connectivity index (χ0n) is 10.7. The molecule has 3 aromatic rings. The van der Waals surface area contributed by atoms with Crippen molar-refractivity contribution in [3.8, 4) is 11.3 Å². The minimum absolute atomic E-state index is 0.162. The van der Waals surface area contributed by atoms with Crippen LogP contribution in [0.1, 0.15) is 16.2 Å². The third kappa shape index (κ3) is 2.04. The fourth-order valence-electron chi connectivity index (χ4n) is 2.16. The van der Waals surface area contributed by atoms with Gasteiger partial charge < -0.3 is 0 Å². The summed E-state index contributed by atoms with van der Waals surface area (Å²) in [6, 6.07) is 7.79. The van der Waals surface area contributed by atoms with Crippen LogP contribution in [-0.4, -0.2) is 21.2 Å². The van der Waals surface area contributed by atoms with Gasteiger partial charge in [0.05, 0.1) is 11.3 Å². The summed E-state index contributed by atoms with van der Waals surface area (Å²) in [6.07, 6.45) is 4.14. The summed E-state index contributed by atoms with van der Waals surface area (Å²) in [5.74, 6) is 0.517. The van der Waals surface area contributed by atoms with Crippen LogP contribution in [0, 0.1) is 6.92 Å². The summed E-state index contributed by atoms with van der Waals surface area (Å²) < 4.78 is 0. The van der Waals surface area contributed by atoms with Crippen molar-refractivity contribution >= 4 is 28.7 Å². The van der Waals surface area contributed by atoms with Gasteiger partial charge in [-0.15, -0.1) is 0 Å². The number of rotatable bonds is 2. The SMILES string of the molecule is Cc1nc(Cl)c(C=O)c(-c2cncc3ccccc23)n1. The van der Waals surface area contributed by atoms with Gasteiger partial charge in [-0.2, -0.15) is 0 Å². The van der Waals surface area contributed by atoms with Gasteiger partial charge in [0.15, 0.2) is 6.29 Å². The highest BCUT2D eigenvalue weighted by Crippen LogP contribution is 2.30. The molecule has 1 aromatic carbocycles. The van der Waals surface area contributed by atoms with Crippen molar-refractivity contribution in [2.45, 2.75) is 6.92 Å². The molecule has 0 fully saturated rings. The average Bonchev–Trinajstić information content (AvgIpc) is 2.46. The van der Waals surface area contributed by atoms with Crippen molar-refractivity contribution in [2.24, 2.45) is 0 Å². The number of nitrogens with zero attached hydrogens (tertiary/aromatic N) is 3. The van der Waals surface area contributed by atoms with Crippen molar-refractivity contribution in [3.05, 3.63) is 53.2 Å². The first-order chi connectivity index (χ1) is 9.70. The molecular weight excluding hydrogens is 274 g/mol. The molecule has 0 atom stereocenters. The van der Waals surface area contributed by atoms with Gasteiger partial charge in [0.1, 0.15) is 11.0 Å². The second-order valence-electron chi connectivity index (χ2n) is 4.35. The number of aryl methyl sites for hydroxylation is 1. The topological polar surface area (TPSA) is 55.7 Å². The summed E-state index contributed by atoms with van der Waals surface area (Å²) >= 11 is 6.03. The number of benzene rings is 1. The number of halogens is 1. The summed E-state index contributed by atoms with van der Waals surface area (Å²) in [5, 5.41) is 2.12. The molecule has 0 aliphatic carbocycles. The zero-order valence-corrected chi connectivity index (χ0v) is 11.4. The number of hydrogen-bond acceptors (Lipinski definition) is 4.